The highest BCUT2D eigenvalue weighted by Crippen LogP contribution is 2.18. The fourth-order valence-electron chi connectivity index (χ4n) is 3.79. The Kier molecular flexibility index (Phi) is 5.30. The second-order valence-electron chi connectivity index (χ2n) is 7.32. The summed E-state index contributed by atoms with van der Waals surface area (Å²) >= 11 is 0. The van der Waals surface area contributed by atoms with Crippen LogP contribution in [0.2, 0.25) is 0 Å². The Hall–Kier alpha value is -2.86. The second kappa shape index (κ2) is 8.02. The number of anilines is 1. The van der Waals surface area contributed by atoms with Gasteiger partial charge in [0, 0.05) is 12.2 Å². The highest BCUT2D eigenvalue weighted by molar-refractivity contribution is 5.81. The number of nitrogens with two attached hydrogens (primary N) is 1. The van der Waals surface area contributed by atoms with Crippen LogP contribution in [-0.2, 0) is 0 Å². The third kappa shape index (κ3) is 3.87. The lowest BCUT2D eigenvalue weighted by Gasteiger charge is -2.15. The van der Waals surface area contributed by atoms with Crippen molar-refractivity contribution in [3.8, 4) is 11.4 Å². The number of benzene rings is 2. The van der Waals surface area contributed by atoms with Gasteiger partial charge in [-0.3, -0.25) is 9.36 Å². The number of likely N-dealkylation sites (tertiary alicyclic amines) is 1. The van der Waals surface area contributed by atoms with Gasteiger partial charge in [0.2, 0.25) is 0 Å². The Morgan fingerprint density at radius 3 is 2.61 bits per heavy atom. The van der Waals surface area contributed by atoms with Crippen molar-refractivity contribution in [1.29, 1.82) is 0 Å². The number of hydrogen-bond acceptors (Lipinski definition) is 5. The minimum Gasteiger partial charge on any atom is -0.494 e. The van der Waals surface area contributed by atoms with Crippen LogP contribution >= 0.6 is 0 Å². The topological polar surface area (TPSA) is 73.4 Å². The average molecular weight is 378 g/mol. The normalized spacial score (nSPS) is 14.6. The Labute approximate surface area is 164 Å². The summed E-state index contributed by atoms with van der Waals surface area (Å²) in [6, 6.07) is 12.8. The van der Waals surface area contributed by atoms with Crippen LogP contribution in [0, 0.1) is 6.92 Å². The van der Waals surface area contributed by atoms with Crippen LogP contribution in [0.3, 0.4) is 0 Å². The van der Waals surface area contributed by atoms with E-state index in [4.69, 9.17) is 10.5 Å². The Morgan fingerprint density at radius 2 is 1.86 bits per heavy atom. The summed E-state index contributed by atoms with van der Waals surface area (Å²) in [7, 11) is 0. The van der Waals surface area contributed by atoms with Crippen molar-refractivity contribution in [3.05, 3.63) is 58.6 Å². The zero-order valence-corrected chi connectivity index (χ0v) is 16.2. The van der Waals surface area contributed by atoms with E-state index in [1.807, 2.05) is 31.2 Å². The summed E-state index contributed by atoms with van der Waals surface area (Å²) in [6.45, 7) is 6.06. The molecule has 0 spiro atoms. The lowest BCUT2D eigenvalue weighted by atomic mass is 10.2. The lowest BCUT2D eigenvalue weighted by molar-refractivity contribution is 0.263. The van der Waals surface area contributed by atoms with E-state index in [0.29, 0.717) is 29.0 Å². The Balaban J connectivity index is 1.48. The first-order chi connectivity index (χ1) is 13.6. The standard InChI is InChI=1S/C22H26N4O2/c1-16-24-21-10-5-17(23)15-20(21)22(27)26(16)18-6-8-19(9-7-18)28-14-4-13-25-11-2-3-12-25/h5-10,15H,2-4,11-14,23H2,1H3. The fraction of sp³-hybridized carbons (Fsp3) is 0.364. The molecule has 1 aromatic heterocycles. The minimum absolute atomic E-state index is 0.117. The van der Waals surface area contributed by atoms with Crippen LogP contribution in [-0.4, -0.2) is 40.7 Å². The van der Waals surface area contributed by atoms with E-state index in [9.17, 15) is 4.79 Å². The lowest BCUT2D eigenvalue weighted by Crippen LogP contribution is -2.22. The summed E-state index contributed by atoms with van der Waals surface area (Å²) in [5.74, 6) is 1.45. The van der Waals surface area contributed by atoms with Crippen LogP contribution in [0.25, 0.3) is 16.6 Å². The van der Waals surface area contributed by atoms with Crippen LogP contribution < -0.4 is 16.0 Å². The molecular formula is C22H26N4O2. The van der Waals surface area contributed by atoms with Crippen molar-refractivity contribution in [2.45, 2.75) is 26.2 Å². The Morgan fingerprint density at radius 1 is 1.11 bits per heavy atom. The van der Waals surface area contributed by atoms with Gasteiger partial charge in [-0.2, -0.15) is 0 Å². The van der Waals surface area contributed by atoms with Crippen LogP contribution in [0.5, 0.6) is 5.75 Å². The number of ether oxygens (including phenoxy) is 1. The van der Waals surface area contributed by atoms with E-state index in [-0.39, 0.29) is 5.56 Å². The molecule has 2 aromatic carbocycles. The van der Waals surface area contributed by atoms with Gasteiger partial charge in [-0.1, -0.05) is 0 Å². The highest BCUT2D eigenvalue weighted by Gasteiger charge is 2.12. The van der Waals surface area contributed by atoms with Gasteiger partial charge in [-0.05, 0) is 81.7 Å². The van der Waals surface area contributed by atoms with E-state index in [2.05, 4.69) is 9.88 Å². The number of fused-ring (bicyclic) bond motifs is 1. The van der Waals surface area contributed by atoms with Gasteiger partial charge in [0.1, 0.15) is 11.6 Å². The van der Waals surface area contributed by atoms with Gasteiger partial charge in [0.25, 0.3) is 5.56 Å². The van der Waals surface area contributed by atoms with E-state index in [0.717, 1.165) is 24.4 Å². The van der Waals surface area contributed by atoms with Crippen LogP contribution in [0.4, 0.5) is 5.69 Å². The summed E-state index contributed by atoms with van der Waals surface area (Å²) < 4.78 is 7.47. The molecule has 6 heteroatoms. The highest BCUT2D eigenvalue weighted by atomic mass is 16.5. The van der Waals surface area contributed by atoms with Gasteiger partial charge in [-0.25, -0.2) is 4.98 Å². The zero-order valence-electron chi connectivity index (χ0n) is 16.2. The number of nitrogen functional groups attached to an aromatic ring is 1. The third-order valence-electron chi connectivity index (χ3n) is 5.24. The van der Waals surface area contributed by atoms with Crippen molar-refractivity contribution in [2.75, 3.05) is 32.0 Å². The molecule has 0 aliphatic carbocycles. The predicted molar refractivity (Wildman–Crippen MR) is 112 cm³/mol. The van der Waals surface area contributed by atoms with Gasteiger partial charge < -0.3 is 15.4 Å². The molecule has 0 atom stereocenters. The zero-order chi connectivity index (χ0) is 19.5. The predicted octanol–water partition coefficient (Wildman–Crippen LogP) is 3.14. The number of rotatable bonds is 6. The molecule has 2 heterocycles. The van der Waals surface area contributed by atoms with Crippen molar-refractivity contribution in [2.24, 2.45) is 0 Å². The molecular weight excluding hydrogens is 352 g/mol. The molecule has 1 aliphatic rings. The fourth-order valence-corrected chi connectivity index (χ4v) is 3.79. The van der Waals surface area contributed by atoms with E-state index in [1.54, 1.807) is 22.8 Å². The van der Waals surface area contributed by atoms with Gasteiger partial charge >= 0.3 is 0 Å². The first-order valence-electron chi connectivity index (χ1n) is 9.86. The summed E-state index contributed by atoms with van der Waals surface area (Å²) in [4.78, 5) is 20.0. The Bertz CT molecular complexity index is 1020. The maximum Gasteiger partial charge on any atom is 0.266 e. The van der Waals surface area contributed by atoms with Gasteiger partial charge in [0.05, 0.1) is 23.2 Å². The van der Waals surface area contributed by atoms with Crippen molar-refractivity contribution < 1.29 is 4.74 Å². The molecule has 1 saturated heterocycles. The minimum atomic E-state index is -0.117. The first-order valence-corrected chi connectivity index (χ1v) is 9.86. The van der Waals surface area contributed by atoms with E-state index < -0.39 is 0 Å². The van der Waals surface area contributed by atoms with Gasteiger partial charge in [0.15, 0.2) is 0 Å². The number of aromatic nitrogens is 2. The molecule has 28 heavy (non-hydrogen) atoms. The van der Waals surface area contributed by atoms with E-state index >= 15 is 0 Å². The number of nitrogens with zero attached hydrogens (tertiary/aromatic N) is 3. The van der Waals surface area contributed by atoms with Crippen molar-refractivity contribution in [3.63, 3.8) is 0 Å². The quantitative estimate of drug-likeness (QED) is 0.527. The molecule has 0 radical (unpaired) electrons. The van der Waals surface area contributed by atoms with Crippen molar-refractivity contribution in [1.82, 2.24) is 14.5 Å². The van der Waals surface area contributed by atoms with Gasteiger partial charge in [-0.15, -0.1) is 0 Å². The molecule has 0 saturated carbocycles. The smallest absolute Gasteiger partial charge is 0.266 e. The largest absolute Gasteiger partial charge is 0.494 e. The van der Waals surface area contributed by atoms with Crippen LogP contribution in [0.15, 0.2) is 47.3 Å². The van der Waals surface area contributed by atoms with Crippen molar-refractivity contribution >= 4 is 16.6 Å². The molecule has 1 fully saturated rings. The summed E-state index contributed by atoms with van der Waals surface area (Å²) in [6.07, 6.45) is 3.66. The molecule has 0 unspecified atom stereocenters. The molecule has 1 aliphatic heterocycles. The summed E-state index contributed by atoms with van der Waals surface area (Å²) in [5.41, 5.74) is 7.71. The average Bonchev–Trinajstić information content (AvgIpc) is 3.21. The SMILES string of the molecule is Cc1nc2ccc(N)cc2c(=O)n1-c1ccc(OCCCN2CCCC2)cc1. The molecule has 146 valence electrons. The molecule has 6 nitrogen and oxygen atoms in total. The molecule has 0 bridgehead atoms. The molecule has 2 N–H and O–H groups in total. The second-order valence-corrected chi connectivity index (χ2v) is 7.32. The maximum absolute atomic E-state index is 13.0. The number of aryl methyl sites for hydroxylation is 1. The summed E-state index contributed by atoms with van der Waals surface area (Å²) in [5, 5.41) is 0.521. The van der Waals surface area contributed by atoms with Crippen LogP contribution in [0.1, 0.15) is 25.1 Å². The molecule has 4 rings (SSSR count). The number of hydrogen-bond donors (Lipinski definition) is 1. The molecule has 3 aromatic rings. The monoisotopic (exact) mass is 378 g/mol. The maximum atomic E-state index is 13.0. The molecule has 0 amide bonds. The third-order valence-corrected chi connectivity index (χ3v) is 5.24. The first kappa shape index (κ1) is 18.5. The van der Waals surface area contributed by atoms with E-state index in [1.165, 1.54) is 25.9 Å².